The van der Waals surface area contributed by atoms with Gasteiger partial charge in [-0.05, 0) is 0 Å². The quantitative estimate of drug-likeness (QED) is 0.644. The third-order valence-corrected chi connectivity index (χ3v) is 4.50. The second-order valence-corrected chi connectivity index (χ2v) is 6.75. The molecule has 0 aliphatic heterocycles. The van der Waals surface area contributed by atoms with Crippen LogP contribution in [-0.4, -0.2) is 12.0 Å². The Morgan fingerprint density at radius 1 is 1.75 bits per heavy atom. The standard InChI is InChI=1S/CH3O3P.CH3.Co.O/c1-4-5(2)3;;;/h1H3;1H3;;/q;;-1;/p+1. The van der Waals surface area contributed by atoms with E-state index in [1.165, 1.54) is 0 Å². The van der Waals surface area contributed by atoms with Crippen LogP contribution in [0.3, 0.4) is 0 Å². The molecule has 0 aliphatic carbocycles. The van der Waals surface area contributed by atoms with Gasteiger partial charge in [0.05, 0.1) is 0 Å². The zero-order valence-electron chi connectivity index (χ0n) is 4.45. The number of rotatable bonds is 2. The van der Waals surface area contributed by atoms with Crippen LogP contribution in [0.1, 0.15) is 0 Å². The molecule has 0 fully saturated rings. The molecule has 0 aliphatic rings. The van der Waals surface area contributed by atoms with Crippen molar-refractivity contribution >= 4 is 6.33 Å². The van der Waals surface area contributed by atoms with E-state index in [4.69, 9.17) is 4.89 Å². The van der Waals surface area contributed by atoms with Gasteiger partial charge in [-0.3, -0.25) is 0 Å². The first-order valence-electron chi connectivity index (χ1n) is 1.59. The van der Waals surface area contributed by atoms with E-state index in [1.807, 2.05) is 0 Å². The first kappa shape index (κ1) is 8.46. The maximum absolute atomic E-state index is 10.3. The molecule has 0 saturated carbocycles. The van der Waals surface area contributed by atoms with Gasteiger partial charge in [0.1, 0.15) is 0 Å². The van der Waals surface area contributed by atoms with E-state index in [-0.39, 0.29) is 0 Å². The van der Waals surface area contributed by atoms with Crippen LogP contribution in [0.5, 0.6) is 0 Å². The zero-order valence-corrected chi connectivity index (χ0v) is 6.39. The average molecular weight is 185 g/mol. The van der Waals surface area contributed by atoms with Crippen LogP contribution in [0.15, 0.2) is 0 Å². The summed E-state index contributed by atoms with van der Waals surface area (Å²) in [6.45, 7) is 0. The van der Waals surface area contributed by atoms with E-state index in [1.54, 1.807) is 0 Å². The fraction of sp³-hybridized carbons (Fsp3) is 1.00. The van der Waals surface area contributed by atoms with Gasteiger partial charge in [-0.25, -0.2) is 0 Å². The topological polar surface area (TPSA) is 63.6 Å². The van der Waals surface area contributed by atoms with Gasteiger partial charge in [0, 0.05) is 0 Å². The first-order chi connectivity index (χ1) is 3.50. The fourth-order valence-electron chi connectivity index (χ4n) is 0.0857. The summed E-state index contributed by atoms with van der Waals surface area (Å²) in [5.41, 5.74) is 0. The van der Waals surface area contributed by atoms with Crippen molar-refractivity contribution in [1.82, 2.24) is 0 Å². The van der Waals surface area contributed by atoms with Crippen molar-refractivity contribution in [3.8, 4) is 0 Å². The molecule has 0 aromatic rings. The molecular weight excluding hydrogens is 178 g/mol. The van der Waals surface area contributed by atoms with Crippen LogP contribution >= 0.6 is 6.33 Å². The molecular formula is C2H7CoO4P. The van der Waals surface area contributed by atoms with Gasteiger partial charge in [-0.1, -0.05) is 0 Å². The van der Waals surface area contributed by atoms with Gasteiger partial charge in [0.25, 0.3) is 0 Å². The van der Waals surface area contributed by atoms with E-state index < -0.39 is 19.5 Å². The van der Waals surface area contributed by atoms with Crippen molar-refractivity contribution in [3.05, 3.63) is 0 Å². The minimum absolute atomic E-state index is 1.05. The second kappa shape index (κ2) is 2.84. The third kappa shape index (κ3) is 2.15. The van der Waals surface area contributed by atoms with E-state index in [0.717, 1.165) is 13.0 Å². The molecule has 53 valence electrons. The van der Waals surface area contributed by atoms with Crippen molar-refractivity contribution in [2.45, 2.75) is 5.86 Å². The SMILES string of the molecule is CO[P](=O)(O)[Co]([CH3])=[O]. The summed E-state index contributed by atoms with van der Waals surface area (Å²) in [6.07, 6.45) is -3.74. The maximum atomic E-state index is 10.3. The van der Waals surface area contributed by atoms with Crippen LogP contribution in [0.2, 0.25) is 5.86 Å². The predicted octanol–water partition coefficient (Wildman–Crippen LogP) is 0.745. The van der Waals surface area contributed by atoms with Gasteiger partial charge in [0.15, 0.2) is 0 Å². The van der Waals surface area contributed by atoms with Crippen LogP contribution in [0, 0.1) is 0 Å². The summed E-state index contributed by atoms with van der Waals surface area (Å²) < 4.78 is 24.6. The van der Waals surface area contributed by atoms with Crippen molar-refractivity contribution in [2.24, 2.45) is 0 Å². The summed E-state index contributed by atoms with van der Waals surface area (Å²) in [5, 5.41) is 0. The summed E-state index contributed by atoms with van der Waals surface area (Å²) in [4.78, 5) is 8.45. The summed E-state index contributed by atoms with van der Waals surface area (Å²) in [7, 11) is 1.05. The Morgan fingerprint density at radius 3 is 2.12 bits per heavy atom. The first-order valence-corrected chi connectivity index (χ1v) is 5.88. The van der Waals surface area contributed by atoms with Gasteiger partial charge >= 0.3 is 50.3 Å². The normalized spacial score (nSPS) is 19.6. The zero-order chi connectivity index (χ0) is 6.78. The molecule has 1 N–H and O–H groups in total. The molecule has 6 heteroatoms. The van der Waals surface area contributed by atoms with Crippen LogP contribution in [0.4, 0.5) is 0 Å². The van der Waals surface area contributed by atoms with Gasteiger partial charge in [0.2, 0.25) is 0 Å². The number of hydrogen-bond acceptors (Lipinski definition) is 3. The molecule has 0 radical (unpaired) electrons. The minimum atomic E-state index is -3.74. The van der Waals surface area contributed by atoms with Crippen molar-refractivity contribution in [3.63, 3.8) is 0 Å². The monoisotopic (exact) mass is 185 g/mol. The van der Waals surface area contributed by atoms with Gasteiger partial charge in [-0.2, -0.15) is 0 Å². The number of hydrogen-bond donors (Lipinski definition) is 1. The van der Waals surface area contributed by atoms with E-state index in [2.05, 4.69) is 4.52 Å². The molecule has 0 aromatic heterocycles. The Bertz CT molecular complexity index is 143. The molecule has 0 bridgehead atoms. The van der Waals surface area contributed by atoms with Gasteiger partial charge in [-0.15, -0.1) is 0 Å². The Labute approximate surface area is 51.0 Å². The molecule has 4 nitrogen and oxygen atoms in total. The van der Waals surface area contributed by atoms with Crippen molar-refractivity contribution in [2.75, 3.05) is 7.11 Å². The molecule has 0 saturated heterocycles. The van der Waals surface area contributed by atoms with E-state index in [9.17, 15) is 8.43 Å². The van der Waals surface area contributed by atoms with Crippen molar-refractivity contribution in [1.29, 1.82) is 0 Å². The fourth-order valence-corrected chi connectivity index (χ4v) is 1.06. The molecule has 0 aromatic carbocycles. The molecule has 0 amide bonds. The Balaban J connectivity index is 4.15. The van der Waals surface area contributed by atoms with Crippen molar-refractivity contribution < 1.29 is 31.0 Å². The third-order valence-electron chi connectivity index (χ3n) is 0.482. The van der Waals surface area contributed by atoms with Crippen LogP contribution in [0.25, 0.3) is 0 Å². The summed E-state index contributed by atoms with van der Waals surface area (Å²) in [6, 6.07) is 0. The second-order valence-electron chi connectivity index (χ2n) is 0.955. The van der Waals surface area contributed by atoms with E-state index >= 15 is 0 Å². The summed E-state index contributed by atoms with van der Waals surface area (Å²) >= 11 is -2.09. The Morgan fingerprint density at radius 2 is 2.12 bits per heavy atom. The van der Waals surface area contributed by atoms with Crippen LogP contribution in [-0.2, 0) is 26.1 Å². The Hall–Kier alpha value is 0.456. The average Bonchev–Trinajstić information content (AvgIpc) is 1.67. The molecule has 0 heterocycles. The molecule has 1 atom stereocenters. The van der Waals surface area contributed by atoms with Gasteiger partial charge < -0.3 is 0 Å². The molecule has 0 spiro atoms. The molecule has 1 unspecified atom stereocenters. The predicted molar refractivity (Wildman–Crippen MR) is 23.4 cm³/mol. The molecule has 0 rings (SSSR count). The van der Waals surface area contributed by atoms with E-state index in [0.29, 0.717) is 0 Å². The molecule has 8 heavy (non-hydrogen) atoms. The summed E-state index contributed by atoms with van der Waals surface area (Å²) in [5.74, 6) is 1.15. The van der Waals surface area contributed by atoms with Crippen LogP contribution < -0.4 is 0 Å². The Kier molecular flexibility index (Phi) is 3.01.